The van der Waals surface area contributed by atoms with Gasteiger partial charge in [-0.05, 0) is 57.6 Å². The molecule has 0 heterocycles. The number of Topliss-reactive ketones (excluding diaryl/α,β-unsaturated/α-hetero) is 1. The van der Waals surface area contributed by atoms with E-state index in [-0.39, 0.29) is 17.6 Å². The second-order valence-electron chi connectivity index (χ2n) is 7.02. The third-order valence-electron chi connectivity index (χ3n) is 5.35. The first-order valence-electron chi connectivity index (χ1n) is 8.90. The molecule has 0 aromatic heterocycles. The molecule has 1 aromatic carbocycles. The van der Waals surface area contributed by atoms with Gasteiger partial charge in [0.1, 0.15) is 0 Å². The summed E-state index contributed by atoms with van der Waals surface area (Å²) in [6.45, 7) is 3.92. The molecule has 2 N–H and O–H groups in total. The summed E-state index contributed by atoms with van der Waals surface area (Å²) >= 11 is 0. The highest BCUT2D eigenvalue weighted by molar-refractivity contribution is 5.98. The summed E-state index contributed by atoms with van der Waals surface area (Å²) in [6.07, 6.45) is 5.25. The third kappa shape index (κ3) is 3.69. The van der Waals surface area contributed by atoms with Crippen LogP contribution in [0.15, 0.2) is 35.5 Å². The third-order valence-corrected chi connectivity index (χ3v) is 5.35. The van der Waals surface area contributed by atoms with Crippen LogP contribution in [0.5, 0.6) is 0 Å². The minimum absolute atomic E-state index is 0.0861. The molecule has 2 aliphatic rings. The summed E-state index contributed by atoms with van der Waals surface area (Å²) in [7, 11) is 0. The van der Waals surface area contributed by atoms with E-state index >= 15 is 0 Å². The van der Waals surface area contributed by atoms with Crippen LogP contribution in [-0.4, -0.2) is 17.7 Å². The predicted molar refractivity (Wildman–Crippen MR) is 95.6 cm³/mol. The lowest BCUT2D eigenvalue weighted by Crippen LogP contribution is -2.36. The zero-order valence-corrected chi connectivity index (χ0v) is 14.5. The van der Waals surface area contributed by atoms with E-state index in [0.717, 1.165) is 54.6 Å². The Balaban J connectivity index is 1.51. The number of benzene rings is 1. The van der Waals surface area contributed by atoms with E-state index in [4.69, 9.17) is 0 Å². The van der Waals surface area contributed by atoms with Gasteiger partial charge in [-0.3, -0.25) is 9.59 Å². The first-order chi connectivity index (χ1) is 11.5. The molecule has 0 bridgehead atoms. The summed E-state index contributed by atoms with van der Waals surface area (Å²) < 4.78 is 0. The Labute approximate surface area is 143 Å². The molecule has 4 nitrogen and oxygen atoms in total. The molecule has 1 amide bonds. The van der Waals surface area contributed by atoms with E-state index < -0.39 is 0 Å². The van der Waals surface area contributed by atoms with Crippen LogP contribution in [-0.2, 0) is 9.59 Å². The molecule has 4 heteroatoms. The molecule has 128 valence electrons. The summed E-state index contributed by atoms with van der Waals surface area (Å²) in [5.41, 5.74) is 4.02. The van der Waals surface area contributed by atoms with Gasteiger partial charge in [0.25, 0.3) is 0 Å². The average molecular weight is 326 g/mol. The molecule has 0 radical (unpaired) electrons. The highest BCUT2D eigenvalue weighted by Crippen LogP contribution is 2.29. The standard InChI is InChI=1S/C20H26N2O2/c1-13-5-3-4-6-17(13)22-20(24)15-7-9-16(10-8-15)21-18-11-12-19(23)14(18)2/h3-6,15-16,21H,7-12H2,1-2H3,(H,22,24)/t15-,16-. The van der Waals surface area contributed by atoms with Crippen LogP contribution < -0.4 is 10.6 Å². The molecular formula is C20H26N2O2. The smallest absolute Gasteiger partial charge is 0.227 e. The van der Waals surface area contributed by atoms with Crippen LogP contribution >= 0.6 is 0 Å². The zero-order chi connectivity index (χ0) is 17.1. The van der Waals surface area contributed by atoms with Crippen molar-refractivity contribution in [2.24, 2.45) is 5.92 Å². The fourth-order valence-corrected chi connectivity index (χ4v) is 3.66. The minimum Gasteiger partial charge on any atom is -0.385 e. The van der Waals surface area contributed by atoms with E-state index in [9.17, 15) is 9.59 Å². The number of carbonyl (C=O) groups is 2. The van der Waals surface area contributed by atoms with Crippen molar-refractivity contribution >= 4 is 17.4 Å². The van der Waals surface area contributed by atoms with E-state index in [1.165, 1.54) is 0 Å². The van der Waals surface area contributed by atoms with Crippen LogP contribution in [0.3, 0.4) is 0 Å². The Kier molecular flexibility index (Phi) is 5.03. The topological polar surface area (TPSA) is 58.2 Å². The van der Waals surface area contributed by atoms with Gasteiger partial charge in [-0.2, -0.15) is 0 Å². The fourth-order valence-electron chi connectivity index (χ4n) is 3.66. The number of para-hydroxylation sites is 1. The van der Waals surface area contributed by atoms with Crippen LogP contribution in [0.25, 0.3) is 0 Å². The van der Waals surface area contributed by atoms with Crippen molar-refractivity contribution in [3.05, 3.63) is 41.1 Å². The number of rotatable bonds is 4. The second-order valence-corrected chi connectivity index (χ2v) is 7.02. The van der Waals surface area contributed by atoms with E-state index in [1.807, 2.05) is 38.1 Å². The molecule has 1 fully saturated rings. The number of nitrogens with one attached hydrogen (secondary N) is 2. The van der Waals surface area contributed by atoms with Crippen molar-refractivity contribution in [2.75, 3.05) is 5.32 Å². The van der Waals surface area contributed by atoms with Crippen LogP contribution in [0.1, 0.15) is 51.0 Å². The van der Waals surface area contributed by atoms with Crippen molar-refractivity contribution in [1.29, 1.82) is 0 Å². The summed E-state index contributed by atoms with van der Waals surface area (Å²) in [4.78, 5) is 24.1. The Morgan fingerprint density at radius 2 is 1.75 bits per heavy atom. The largest absolute Gasteiger partial charge is 0.385 e. The molecule has 1 saturated carbocycles. The number of amides is 1. The number of ketones is 1. The van der Waals surface area contributed by atoms with Gasteiger partial charge in [-0.25, -0.2) is 0 Å². The van der Waals surface area contributed by atoms with Crippen molar-refractivity contribution in [2.45, 2.75) is 58.4 Å². The van der Waals surface area contributed by atoms with Crippen LogP contribution in [0, 0.1) is 12.8 Å². The number of allylic oxidation sites excluding steroid dienone is 2. The van der Waals surface area contributed by atoms with Crippen LogP contribution in [0.4, 0.5) is 5.69 Å². The maximum Gasteiger partial charge on any atom is 0.227 e. The number of aryl methyl sites for hydroxylation is 1. The molecular weight excluding hydrogens is 300 g/mol. The van der Waals surface area contributed by atoms with E-state index in [0.29, 0.717) is 12.5 Å². The molecule has 0 atom stereocenters. The lowest BCUT2D eigenvalue weighted by Gasteiger charge is -2.29. The molecule has 0 spiro atoms. The fraction of sp³-hybridized carbons (Fsp3) is 0.500. The first kappa shape index (κ1) is 16.7. The molecule has 1 aromatic rings. The lowest BCUT2D eigenvalue weighted by atomic mass is 9.85. The number of hydrogen-bond donors (Lipinski definition) is 2. The molecule has 24 heavy (non-hydrogen) atoms. The Hall–Kier alpha value is -2.10. The zero-order valence-electron chi connectivity index (χ0n) is 14.5. The molecule has 0 aliphatic heterocycles. The number of carbonyl (C=O) groups excluding carboxylic acids is 2. The lowest BCUT2D eigenvalue weighted by molar-refractivity contribution is -0.120. The monoisotopic (exact) mass is 326 g/mol. The van der Waals surface area contributed by atoms with Gasteiger partial charge in [-0.1, -0.05) is 18.2 Å². The average Bonchev–Trinajstić information content (AvgIpc) is 2.90. The summed E-state index contributed by atoms with van der Waals surface area (Å²) in [5.74, 6) is 0.487. The van der Waals surface area contributed by atoms with Gasteiger partial charge in [-0.15, -0.1) is 0 Å². The minimum atomic E-state index is 0.0861. The van der Waals surface area contributed by atoms with Gasteiger partial charge >= 0.3 is 0 Å². The van der Waals surface area contributed by atoms with Crippen LogP contribution in [0.2, 0.25) is 0 Å². The summed E-state index contributed by atoms with van der Waals surface area (Å²) in [5, 5.41) is 6.61. The maximum absolute atomic E-state index is 12.5. The molecule has 0 unspecified atom stereocenters. The SMILES string of the molecule is CC1=C(N[C@H]2CC[C@H](C(=O)Nc3ccccc3C)CC2)CCC1=O. The summed E-state index contributed by atoms with van der Waals surface area (Å²) in [6, 6.07) is 8.28. The Morgan fingerprint density at radius 3 is 2.38 bits per heavy atom. The van der Waals surface area contributed by atoms with Gasteiger partial charge in [0, 0.05) is 35.3 Å². The Morgan fingerprint density at radius 1 is 1.04 bits per heavy atom. The van der Waals surface area contributed by atoms with Crippen molar-refractivity contribution < 1.29 is 9.59 Å². The van der Waals surface area contributed by atoms with E-state index in [2.05, 4.69) is 10.6 Å². The Bertz CT molecular complexity index is 670. The highest BCUT2D eigenvalue weighted by atomic mass is 16.2. The van der Waals surface area contributed by atoms with Gasteiger partial charge in [0.15, 0.2) is 5.78 Å². The van der Waals surface area contributed by atoms with Crippen molar-refractivity contribution in [3.63, 3.8) is 0 Å². The number of hydrogen-bond acceptors (Lipinski definition) is 3. The molecule has 3 rings (SSSR count). The molecule has 0 saturated heterocycles. The van der Waals surface area contributed by atoms with Crippen molar-refractivity contribution in [1.82, 2.24) is 5.32 Å². The maximum atomic E-state index is 12.5. The van der Waals surface area contributed by atoms with Crippen molar-refractivity contribution in [3.8, 4) is 0 Å². The predicted octanol–water partition coefficient (Wildman–Crippen LogP) is 3.72. The first-order valence-corrected chi connectivity index (χ1v) is 8.90. The van der Waals surface area contributed by atoms with Gasteiger partial charge in [0.05, 0.1) is 0 Å². The number of anilines is 1. The van der Waals surface area contributed by atoms with Gasteiger partial charge < -0.3 is 10.6 Å². The highest BCUT2D eigenvalue weighted by Gasteiger charge is 2.28. The normalized spacial score (nSPS) is 24.2. The van der Waals surface area contributed by atoms with Gasteiger partial charge in [0.2, 0.25) is 5.91 Å². The van der Waals surface area contributed by atoms with E-state index in [1.54, 1.807) is 0 Å². The quantitative estimate of drug-likeness (QED) is 0.886. The molecule has 2 aliphatic carbocycles. The second kappa shape index (κ2) is 7.20.